The van der Waals surface area contributed by atoms with Crippen LogP contribution >= 0.6 is 0 Å². The molecule has 1 aliphatic heterocycles. The molecule has 0 unspecified atom stereocenters. The lowest BCUT2D eigenvalue weighted by atomic mass is 10.1. The van der Waals surface area contributed by atoms with Gasteiger partial charge in [0.15, 0.2) is 0 Å². The van der Waals surface area contributed by atoms with Gasteiger partial charge in [0.1, 0.15) is 5.75 Å². The molecule has 0 spiro atoms. The van der Waals surface area contributed by atoms with Crippen LogP contribution in [-0.4, -0.2) is 37.8 Å². The predicted octanol–water partition coefficient (Wildman–Crippen LogP) is 2.87. The van der Waals surface area contributed by atoms with Crippen molar-refractivity contribution in [3.05, 3.63) is 29.8 Å². The molecule has 1 fully saturated rings. The highest BCUT2D eigenvalue weighted by atomic mass is 16.5. The second kappa shape index (κ2) is 6.21. The van der Waals surface area contributed by atoms with Gasteiger partial charge in [-0.15, -0.1) is 0 Å². The second-order valence-corrected chi connectivity index (χ2v) is 4.81. The van der Waals surface area contributed by atoms with E-state index < -0.39 is 0 Å². The van der Waals surface area contributed by atoms with Crippen molar-refractivity contribution in [1.29, 1.82) is 0 Å². The van der Waals surface area contributed by atoms with Crippen molar-refractivity contribution >= 4 is 0 Å². The third kappa shape index (κ3) is 3.03. The fourth-order valence-corrected chi connectivity index (χ4v) is 2.57. The summed E-state index contributed by atoms with van der Waals surface area (Å²) in [6.45, 7) is 7.31. The zero-order valence-electron chi connectivity index (χ0n) is 11.6. The number of benzene rings is 1. The van der Waals surface area contributed by atoms with Crippen LogP contribution in [0.15, 0.2) is 24.3 Å². The lowest BCUT2D eigenvalue weighted by molar-refractivity contribution is 0.0652. The molecule has 2 atom stereocenters. The first-order chi connectivity index (χ1) is 8.74. The average Bonchev–Trinajstić information content (AvgIpc) is 2.87. The van der Waals surface area contributed by atoms with Gasteiger partial charge in [-0.3, -0.25) is 4.90 Å². The van der Waals surface area contributed by atoms with Gasteiger partial charge in [-0.25, -0.2) is 0 Å². The van der Waals surface area contributed by atoms with Crippen LogP contribution in [0.2, 0.25) is 0 Å². The van der Waals surface area contributed by atoms with E-state index in [1.54, 1.807) is 7.11 Å². The first-order valence-corrected chi connectivity index (χ1v) is 6.74. The number of ether oxygens (including phenoxy) is 2. The van der Waals surface area contributed by atoms with Gasteiger partial charge in [-0.1, -0.05) is 12.1 Å². The Morgan fingerprint density at radius 1 is 1.33 bits per heavy atom. The molecule has 0 aromatic heterocycles. The van der Waals surface area contributed by atoms with Crippen molar-refractivity contribution in [1.82, 2.24) is 4.90 Å². The van der Waals surface area contributed by atoms with Gasteiger partial charge in [0, 0.05) is 25.7 Å². The molecule has 0 bridgehead atoms. The van der Waals surface area contributed by atoms with E-state index in [1.807, 2.05) is 12.1 Å². The summed E-state index contributed by atoms with van der Waals surface area (Å²) in [5, 5.41) is 0. The maximum Gasteiger partial charge on any atom is 0.118 e. The van der Waals surface area contributed by atoms with Gasteiger partial charge < -0.3 is 9.47 Å². The summed E-state index contributed by atoms with van der Waals surface area (Å²) in [5.74, 6) is 0.916. The largest absolute Gasteiger partial charge is 0.497 e. The molecule has 1 aromatic rings. The SMILES string of the molecule is CCO[C@@H]1CCN([C@@H](C)c2ccc(OC)cc2)C1. The van der Waals surface area contributed by atoms with E-state index in [0.29, 0.717) is 12.1 Å². The van der Waals surface area contributed by atoms with Gasteiger partial charge in [0.05, 0.1) is 13.2 Å². The number of rotatable bonds is 5. The average molecular weight is 249 g/mol. The minimum atomic E-state index is 0.413. The van der Waals surface area contributed by atoms with E-state index in [9.17, 15) is 0 Å². The molecule has 18 heavy (non-hydrogen) atoms. The number of nitrogens with zero attached hydrogens (tertiary/aromatic N) is 1. The summed E-state index contributed by atoms with van der Waals surface area (Å²) < 4.78 is 10.9. The highest BCUT2D eigenvalue weighted by molar-refractivity contribution is 5.29. The van der Waals surface area contributed by atoms with Crippen molar-refractivity contribution in [2.75, 3.05) is 26.8 Å². The van der Waals surface area contributed by atoms with Crippen LogP contribution in [0.3, 0.4) is 0 Å². The fourth-order valence-electron chi connectivity index (χ4n) is 2.57. The number of hydrogen-bond donors (Lipinski definition) is 0. The summed E-state index contributed by atoms with van der Waals surface area (Å²) in [6, 6.07) is 8.81. The van der Waals surface area contributed by atoms with E-state index in [0.717, 1.165) is 31.9 Å². The number of hydrogen-bond acceptors (Lipinski definition) is 3. The van der Waals surface area contributed by atoms with Crippen molar-refractivity contribution in [2.24, 2.45) is 0 Å². The minimum absolute atomic E-state index is 0.413. The molecule has 0 saturated carbocycles. The topological polar surface area (TPSA) is 21.7 Å². The lowest BCUT2D eigenvalue weighted by Gasteiger charge is -2.24. The maximum absolute atomic E-state index is 5.69. The summed E-state index contributed by atoms with van der Waals surface area (Å²) in [7, 11) is 1.70. The molecule has 1 saturated heterocycles. The maximum atomic E-state index is 5.69. The van der Waals surface area contributed by atoms with Gasteiger partial charge in [-0.05, 0) is 38.0 Å². The molecule has 0 N–H and O–H groups in total. The van der Waals surface area contributed by atoms with Crippen LogP contribution in [0.5, 0.6) is 5.75 Å². The summed E-state index contributed by atoms with van der Waals surface area (Å²) in [4.78, 5) is 2.49. The van der Waals surface area contributed by atoms with Crippen molar-refractivity contribution in [3.8, 4) is 5.75 Å². The Labute approximate surface area is 110 Å². The van der Waals surface area contributed by atoms with Gasteiger partial charge >= 0.3 is 0 Å². The Hall–Kier alpha value is -1.06. The van der Waals surface area contributed by atoms with Gasteiger partial charge in [0.2, 0.25) is 0 Å². The summed E-state index contributed by atoms with van der Waals surface area (Å²) >= 11 is 0. The first-order valence-electron chi connectivity index (χ1n) is 6.74. The standard InChI is InChI=1S/C15H23NO2/c1-4-18-15-9-10-16(11-15)12(2)13-5-7-14(17-3)8-6-13/h5-8,12,15H,4,9-11H2,1-3H3/t12-,15+/m0/s1. The molecule has 2 rings (SSSR count). The number of likely N-dealkylation sites (tertiary alicyclic amines) is 1. The molecule has 3 nitrogen and oxygen atoms in total. The Morgan fingerprint density at radius 3 is 2.67 bits per heavy atom. The molecule has 0 aliphatic carbocycles. The van der Waals surface area contributed by atoms with Crippen LogP contribution in [0.25, 0.3) is 0 Å². The molecular weight excluding hydrogens is 226 g/mol. The van der Waals surface area contributed by atoms with Crippen LogP contribution in [-0.2, 0) is 4.74 Å². The monoisotopic (exact) mass is 249 g/mol. The number of methoxy groups -OCH3 is 1. The van der Waals surface area contributed by atoms with Crippen molar-refractivity contribution in [3.63, 3.8) is 0 Å². The van der Waals surface area contributed by atoms with E-state index in [-0.39, 0.29) is 0 Å². The predicted molar refractivity (Wildman–Crippen MR) is 73.0 cm³/mol. The van der Waals surface area contributed by atoms with Crippen LogP contribution in [0, 0.1) is 0 Å². The van der Waals surface area contributed by atoms with Crippen LogP contribution < -0.4 is 4.74 Å². The Kier molecular flexibility index (Phi) is 4.61. The van der Waals surface area contributed by atoms with E-state index >= 15 is 0 Å². The molecule has 0 amide bonds. The quantitative estimate of drug-likeness (QED) is 0.801. The fraction of sp³-hybridized carbons (Fsp3) is 0.600. The minimum Gasteiger partial charge on any atom is -0.497 e. The van der Waals surface area contributed by atoms with Gasteiger partial charge in [-0.2, -0.15) is 0 Å². The van der Waals surface area contributed by atoms with Crippen molar-refractivity contribution in [2.45, 2.75) is 32.4 Å². The molecule has 1 aliphatic rings. The Morgan fingerprint density at radius 2 is 2.06 bits per heavy atom. The van der Waals surface area contributed by atoms with Gasteiger partial charge in [0.25, 0.3) is 0 Å². The van der Waals surface area contributed by atoms with E-state index in [4.69, 9.17) is 9.47 Å². The summed E-state index contributed by atoms with van der Waals surface area (Å²) in [5.41, 5.74) is 1.34. The molecule has 100 valence electrons. The van der Waals surface area contributed by atoms with Crippen LogP contribution in [0.1, 0.15) is 31.9 Å². The Balaban J connectivity index is 1.96. The van der Waals surface area contributed by atoms with E-state index in [2.05, 4.69) is 30.9 Å². The molecular formula is C15H23NO2. The lowest BCUT2D eigenvalue weighted by Crippen LogP contribution is -2.26. The summed E-state index contributed by atoms with van der Waals surface area (Å²) in [6.07, 6.45) is 1.56. The molecule has 1 heterocycles. The van der Waals surface area contributed by atoms with E-state index in [1.165, 1.54) is 5.56 Å². The molecule has 0 radical (unpaired) electrons. The highest BCUT2D eigenvalue weighted by Gasteiger charge is 2.26. The third-order valence-corrected chi connectivity index (χ3v) is 3.72. The molecule has 1 aromatic carbocycles. The van der Waals surface area contributed by atoms with Crippen LogP contribution in [0.4, 0.5) is 0 Å². The Bertz CT molecular complexity index is 363. The zero-order chi connectivity index (χ0) is 13.0. The normalized spacial score (nSPS) is 22.1. The van der Waals surface area contributed by atoms with Crippen molar-refractivity contribution < 1.29 is 9.47 Å². The highest BCUT2D eigenvalue weighted by Crippen LogP contribution is 2.26. The second-order valence-electron chi connectivity index (χ2n) is 4.81. The molecule has 3 heteroatoms. The third-order valence-electron chi connectivity index (χ3n) is 3.72. The zero-order valence-corrected chi connectivity index (χ0v) is 11.6. The smallest absolute Gasteiger partial charge is 0.118 e. The first kappa shape index (κ1) is 13.4.